The van der Waals surface area contributed by atoms with Crippen LogP contribution >= 0.6 is 35.3 Å². The fourth-order valence-corrected chi connectivity index (χ4v) is 5.14. The van der Waals surface area contributed by atoms with E-state index >= 15 is 0 Å². The average Bonchev–Trinajstić information content (AvgIpc) is 3.13. The summed E-state index contributed by atoms with van der Waals surface area (Å²) in [6, 6.07) is 0.457. The van der Waals surface area contributed by atoms with Crippen LogP contribution in [0.5, 0.6) is 0 Å². The van der Waals surface area contributed by atoms with Gasteiger partial charge in [-0.2, -0.15) is 0 Å². The van der Waals surface area contributed by atoms with Gasteiger partial charge < -0.3 is 20.3 Å². The van der Waals surface area contributed by atoms with Gasteiger partial charge in [-0.05, 0) is 26.2 Å². The van der Waals surface area contributed by atoms with Crippen LogP contribution in [0.4, 0.5) is 5.13 Å². The molecule has 2 N–H and O–H groups in total. The summed E-state index contributed by atoms with van der Waals surface area (Å²) >= 11 is 1.67. The molecule has 0 bridgehead atoms. The predicted octanol–water partition coefficient (Wildman–Crippen LogP) is 3.62. The molecule has 3 rings (SSSR count). The highest BCUT2D eigenvalue weighted by Crippen LogP contribution is 2.53. The molecule has 2 saturated carbocycles. The number of anilines is 1. The van der Waals surface area contributed by atoms with Crippen molar-refractivity contribution in [2.24, 2.45) is 10.4 Å². The van der Waals surface area contributed by atoms with E-state index < -0.39 is 0 Å². The number of guanidine groups is 1. The number of rotatable bonds is 6. The maximum atomic E-state index is 6.06. The molecule has 1 heterocycles. The van der Waals surface area contributed by atoms with E-state index in [0.717, 1.165) is 29.8 Å². The molecule has 0 aromatic carbocycles. The van der Waals surface area contributed by atoms with E-state index in [9.17, 15) is 0 Å². The Morgan fingerprint density at radius 2 is 2.11 bits per heavy atom. The molecule has 1 aromatic heterocycles. The lowest BCUT2D eigenvalue weighted by molar-refractivity contribution is -0.145. The van der Waals surface area contributed by atoms with Crippen LogP contribution in [0, 0.1) is 5.41 Å². The Labute approximate surface area is 184 Å². The van der Waals surface area contributed by atoms with Crippen LogP contribution in [0.2, 0.25) is 0 Å². The number of ether oxygens (including phenoxy) is 1. The van der Waals surface area contributed by atoms with Crippen molar-refractivity contribution in [1.82, 2.24) is 15.6 Å². The number of thiazole rings is 1. The van der Waals surface area contributed by atoms with Crippen LogP contribution in [-0.4, -0.2) is 50.8 Å². The molecule has 0 saturated heterocycles. The lowest BCUT2D eigenvalue weighted by atomic mass is 9.55. The summed E-state index contributed by atoms with van der Waals surface area (Å²) in [4.78, 5) is 11.1. The summed E-state index contributed by atoms with van der Waals surface area (Å²) in [6.07, 6.45) is 8.02. The van der Waals surface area contributed by atoms with Gasteiger partial charge in [0.1, 0.15) is 0 Å². The summed E-state index contributed by atoms with van der Waals surface area (Å²) in [5.74, 6) is 0.870. The minimum absolute atomic E-state index is 0. The first-order valence-electron chi connectivity index (χ1n) is 9.79. The van der Waals surface area contributed by atoms with Crippen LogP contribution in [0.25, 0.3) is 0 Å². The van der Waals surface area contributed by atoms with Crippen LogP contribution in [0.15, 0.2) is 10.4 Å². The molecule has 2 aliphatic rings. The van der Waals surface area contributed by atoms with Gasteiger partial charge in [0.05, 0.1) is 18.3 Å². The number of hydrogen-bond donors (Lipinski definition) is 2. The Hall–Kier alpha value is -0.610. The molecule has 2 fully saturated rings. The first kappa shape index (κ1) is 22.7. The Morgan fingerprint density at radius 1 is 1.37 bits per heavy atom. The second-order valence-electron chi connectivity index (χ2n) is 7.61. The quantitative estimate of drug-likeness (QED) is 0.350. The number of hydrogen-bond acceptors (Lipinski definition) is 5. The molecule has 27 heavy (non-hydrogen) atoms. The SMILES string of the molecule is CCOC1CC(NC(=NC)NCc2csc(N(C)C)n2)C12CCCCC2.I. The maximum absolute atomic E-state index is 6.06. The Bertz CT molecular complexity index is 615. The van der Waals surface area contributed by atoms with Gasteiger partial charge in [0, 0.05) is 44.6 Å². The summed E-state index contributed by atoms with van der Waals surface area (Å²) in [7, 11) is 5.88. The van der Waals surface area contributed by atoms with Gasteiger partial charge in [-0.25, -0.2) is 4.98 Å². The molecule has 0 radical (unpaired) electrons. The predicted molar refractivity (Wildman–Crippen MR) is 125 cm³/mol. The number of halogens is 1. The number of nitrogens with zero attached hydrogens (tertiary/aromatic N) is 3. The van der Waals surface area contributed by atoms with Crippen molar-refractivity contribution in [1.29, 1.82) is 0 Å². The van der Waals surface area contributed by atoms with Gasteiger partial charge >= 0.3 is 0 Å². The molecule has 8 heteroatoms. The van der Waals surface area contributed by atoms with Gasteiger partial charge in [-0.3, -0.25) is 4.99 Å². The van der Waals surface area contributed by atoms with Crippen molar-refractivity contribution in [2.45, 2.75) is 64.1 Å². The van der Waals surface area contributed by atoms with Crippen molar-refractivity contribution < 1.29 is 4.74 Å². The highest BCUT2D eigenvalue weighted by molar-refractivity contribution is 14.0. The normalized spacial score (nSPS) is 24.1. The monoisotopic (exact) mass is 507 g/mol. The van der Waals surface area contributed by atoms with Gasteiger partial charge in [0.15, 0.2) is 11.1 Å². The van der Waals surface area contributed by atoms with Crippen LogP contribution < -0.4 is 15.5 Å². The molecule has 0 amide bonds. The largest absolute Gasteiger partial charge is 0.378 e. The van der Waals surface area contributed by atoms with Crippen molar-refractivity contribution in [3.63, 3.8) is 0 Å². The van der Waals surface area contributed by atoms with E-state index in [2.05, 4.69) is 32.9 Å². The van der Waals surface area contributed by atoms with Gasteiger partial charge in [-0.1, -0.05) is 19.3 Å². The van der Waals surface area contributed by atoms with E-state index in [4.69, 9.17) is 4.74 Å². The van der Waals surface area contributed by atoms with E-state index in [-0.39, 0.29) is 24.0 Å². The third kappa shape index (κ3) is 5.06. The third-order valence-electron chi connectivity index (χ3n) is 5.83. The van der Waals surface area contributed by atoms with E-state index in [1.807, 2.05) is 26.0 Å². The molecule has 6 nitrogen and oxygen atoms in total. The summed E-state index contributed by atoms with van der Waals surface area (Å²) in [5, 5.41) is 10.2. The first-order chi connectivity index (χ1) is 12.6. The summed E-state index contributed by atoms with van der Waals surface area (Å²) in [6.45, 7) is 3.61. The highest BCUT2D eigenvalue weighted by atomic mass is 127. The van der Waals surface area contributed by atoms with Crippen LogP contribution in [0.1, 0.15) is 51.1 Å². The standard InChI is InChI=1S/C19H33N5OS.HI/c1-5-25-16-11-15(19(16)9-7-6-8-10-19)23-17(20-2)21-12-14-13-26-18(22-14)24(3)4;/h13,15-16H,5-12H2,1-4H3,(H2,20,21,23);1H. The summed E-state index contributed by atoms with van der Waals surface area (Å²) < 4.78 is 6.06. The maximum Gasteiger partial charge on any atom is 0.191 e. The van der Waals surface area contributed by atoms with Crippen molar-refractivity contribution in [3.05, 3.63) is 11.1 Å². The molecular weight excluding hydrogens is 473 g/mol. The smallest absolute Gasteiger partial charge is 0.191 e. The van der Waals surface area contributed by atoms with Crippen LogP contribution in [0.3, 0.4) is 0 Å². The van der Waals surface area contributed by atoms with Crippen LogP contribution in [-0.2, 0) is 11.3 Å². The van der Waals surface area contributed by atoms with E-state index in [1.54, 1.807) is 11.3 Å². The Morgan fingerprint density at radius 3 is 2.70 bits per heavy atom. The zero-order chi connectivity index (χ0) is 18.6. The lowest BCUT2D eigenvalue weighted by Gasteiger charge is -2.57. The molecule has 0 aliphatic heterocycles. The second-order valence-corrected chi connectivity index (χ2v) is 8.45. The zero-order valence-corrected chi connectivity index (χ0v) is 20.1. The van der Waals surface area contributed by atoms with Gasteiger partial charge in [0.2, 0.25) is 0 Å². The lowest BCUT2D eigenvalue weighted by Crippen LogP contribution is -2.66. The van der Waals surface area contributed by atoms with E-state index in [0.29, 0.717) is 24.1 Å². The van der Waals surface area contributed by atoms with Gasteiger partial charge in [-0.15, -0.1) is 35.3 Å². The molecule has 1 aromatic rings. The number of aliphatic imine (C=N–C) groups is 1. The molecule has 2 unspecified atom stereocenters. The van der Waals surface area contributed by atoms with Crippen molar-refractivity contribution in [2.75, 3.05) is 32.6 Å². The van der Waals surface area contributed by atoms with Crippen molar-refractivity contribution >= 4 is 46.4 Å². The average molecular weight is 507 g/mol. The highest BCUT2D eigenvalue weighted by Gasteiger charge is 2.55. The molecule has 1 spiro atoms. The second kappa shape index (κ2) is 10.2. The topological polar surface area (TPSA) is 61.8 Å². The number of aromatic nitrogens is 1. The molecule has 2 atom stereocenters. The van der Waals surface area contributed by atoms with Crippen molar-refractivity contribution in [3.8, 4) is 0 Å². The first-order valence-corrected chi connectivity index (χ1v) is 10.7. The molecule has 154 valence electrons. The van der Waals surface area contributed by atoms with Gasteiger partial charge in [0.25, 0.3) is 0 Å². The Kier molecular flexibility index (Phi) is 8.61. The third-order valence-corrected chi connectivity index (χ3v) is 6.89. The fraction of sp³-hybridized carbons (Fsp3) is 0.789. The minimum atomic E-state index is 0. The molecule has 2 aliphatic carbocycles. The van der Waals surface area contributed by atoms with E-state index in [1.165, 1.54) is 32.1 Å². The number of nitrogens with one attached hydrogen (secondary N) is 2. The minimum Gasteiger partial charge on any atom is -0.378 e. The Balaban J connectivity index is 0.00000261. The summed E-state index contributed by atoms with van der Waals surface area (Å²) in [5.41, 5.74) is 1.35. The fourth-order valence-electron chi connectivity index (χ4n) is 4.38. The molecular formula is C19H34IN5OS. The zero-order valence-electron chi connectivity index (χ0n) is 17.0.